The van der Waals surface area contributed by atoms with Gasteiger partial charge < -0.3 is 14.8 Å². The molecule has 1 amide bonds. The van der Waals surface area contributed by atoms with E-state index in [4.69, 9.17) is 9.47 Å². The van der Waals surface area contributed by atoms with E-state index >= 15 is 0 Å². The van der Waals surface area contributed by atoms with Gasteiger partial charge in [-0.25, -0.2) is 4.39 Å². The molecule has 0 radical (unpaired) electrons. The minimum atomic E-state index is -0.491. The highest BCUT2D eigenvalue weighted by molar-refractivity contribution is 5.83. The quantitative estimate of drug-likeness (QED) is 0.459. The van der Waals surface area contributed by atoms with Crippen LogP contribution < -0.4 is 10.1 Å². The number of rotatable bonds is 9. The number of hydrogen-bond donors (Lipinski definition) is 1. The molecule has 0 unspecified atom stereocenters. The molecular weight excluding hydrogens is 455 g/mol. The van der Waals surface area contributed by atoms with Crippen LogP contribution in [0.5, 0.6) is 5.75 Å². The van der Waals surface area contributed by atoms with Crippen molar-refractivity contribution in [2.24, 2.45) is 5.41 Å². The van der Waals surface area contributed by atoms with Gasteiger partial charge in [0.05, 0.1) is 12.5 Å². The molecule has 196 valence electrons. The first kappa shape index (κ1) is 26.6. The van der Waals surface area contributed by atoms with Gasteiger partial charge in [-0.2, -0.15) is 0 Å². The summed E-state index contributed by atoms with van der Waals surface area (Å²) in [5.41, 5.74) is 2.17. The molecule has 2 saturated heterocycles. The Morgan fingerprint density at radius 2 is 1.89 bits per heavy atom. The first-order valence-electron chi connectivity index (χ1n) is 13.5. The molecule has 0 bridgehead atoms. The van der Waals surface area contributed by atoms with Crippen LogP contribution in [0.25, 0.3) is 11.1 Å². The monoisotopic (exact) mass is 496 g/mol. The smallest absolute Gasteiger partial charge is 0.226 e. The second-order valence-electron chi connectivity index (χ2n) is 10.6. The number of amides is 1. The van der Waals surface area contributed by atoms with Gasteiger partial charge >= 0.3 is 0 Å². The standard InChI is InChI=1S/C30H41FN2O3/c1-22-7-4-8-23(2)33(22)16-6-15-32-29(34)30(13-17-36-18-14-30)21-24-9-5-10-25(19-24)27-20-26(31)11-12-28(27)35-3/h5,9-12,19-20,22-23H,4,6-8,13-18,21H2,1-3H3,(H,32,34)/t22-,23+. The fraction of sp³-hybridized carbons (Fsp3) is 0.567. The number of benzene rings is 2. The van der Waals surface area contributed by atoms with Crippen molar-refractivity contribution in [3.8, 4) is 16.9 Å². The average Bonchev–Trinajstić information content (AvgIpc) is 2.88. The highest BCUT2D eigenvalue weighted by Crippen LogP contribution is 2.37. The predicted molar refractivity (Wildman–Crippen MR) is 142 cm³/mol. The van der Waals surface area contributed by atoms with Crippen LogP contribution in [0.1, 0.15) is 57.9 Å². The zero-order valence-electron chi connectivity index (χ0n) is 22.0. The van der Waals surface area contributed by atoms with Crippen molar-refractivity contribution >= 4 is 5.91 Å². The van der Waals surface area contributed by atoms with Gasteiger partial charge in [0.2, 0.25) is 5.91 Å². The van der Waals surface area contributed by atoms with Crippen molar-refractivity contribution in [3.63, 3.8) is 0 Å². The van der Waals surface area contributed by atoms with Gasteiger partial charge in [0.1, 0.15) is 11.6 Å². The fourth-order valence-corrected chi connectivity index (χ4v) is 5.96. The summed E-state index contributed by atoms with van der Waals surface area (Å²) in [6.07, 6.45) is 6.84. The first-order valence-corrected chi connectivity index (χ1v) is 13.5. The van der Waals surface area contributed by atoms with Crippen LogP contribution in [0.15, 0.2) is 42.5 Å². The Morgan fingerprint density at radius 1 is 1.14 bits per heavy atom. The Kier molecular flexibility index (Phi) is 9.02. The fourth-order valence-electron chi connectivity index (χ4n) is 5.96. The third-order valence-electron chi connectivity index (χ3n) is 8.13. The zero-order valence-corrected chi connectivity index (χ0v) is 22.0. The van der Waals surface area contributed by atoms with Crippen molar-refractivity contribution in [2.45, 2.75) is 70.9 Å². The molecule has 4 rings (SSSR count). The predicted octanol–water partition coefficient (Wildman–Crippen LogP) is 5.61. The van der Waals surface area contributed by atoms with E-state index in [9.17, 15) is 9.18 Å². The second-order valence-corrected chi connectivity index (χ2v) is 10.6. The first-order chi connectivity index (χ1) is 17.4. The van der Waals surface area contributed by atoms with E-state index in [2.05, 4.69) is 36.2 Å². The minimum absolute atomic E-state index is 0.124. The summed E-state index contributed by atoms with van der Waals surface area (Å²) < 4.78 is 25.1. The summed E-state index contributed by atoms with van der Waals surface area (Å²) in [5, 5.41) is 3.26. The van der Waals surface area contributed by atoms with Gasteiger partial charge in [-0.1, -0.05) is 30.7 Å². The van der Waals surface area contributed by atoms with E-state index in [-0.39, 0.29) is 11.7 Å². The van der Waals surface area contributed by atoms with E-state index in [1.54, 1.807) is 13.2 Å². The molecule has 0 aromatic heterocycles. The van der Waals surface area contributed by atoms with E-state index in [0.29, 0.717) is 62.4 Å². The molecule has 0 aliphatic carbocycles. The van der Waals surface area contributed by atoms with Crippen LogP contribution in [-0.4, -0.2) is 56.3 Å². The van der Waals surface area contributed by atoms with Gasteiger partial charge in [-0.15, -0.1) is 0 Å². The molecule has 2 heterocycles. The van der Waals surface area contributed by atoms with E-state index in [1.165, 1.54) is 31.4 Å². The van der Waals surface area contributed by atoms with Gasteiger partial charge in [0.15, 0.2) is 0 Å². The molecule has 2 aromatic rings. The third-order valence-corrected chi connectivity index (χ3v) is 8.13. The lowest BCUT2D eigenvalue weighted by molar-refractivity contribution is -0.136. The van der Waals surface area contributed by atoms with E-state index in [1.807, 2.05) is 12.1 Å². The van der Waals surface area contributed by atoms with Crippen molar-refractivity contribution in [1.29, 1.82) is 0 Å². The largest absolute Gasteiger partial charge is 0.496 e. The number of piperidine rings is 1. The lowest BCUT2D eigenvalue weighted by Crippen LogP contribution is -2.47. The molecule has 2 atom stereocenters. The Labute approximate surface area is 215 Å². The summed E-state index contributed by atoms with van der Waals surface area (Å²) in [6, 6.07) is 13.8. The molecule has 2 fully saturated rings. The van der Waals surface area contributed by atoms with Crippen molar-refractivity contribution < 1.29 is 18.7 Å². The Balaban J connectivity index is 1.43. The molecule has 2 aliphatic heterocycles. The third kappa shape index (κ3) is 6.27. The van der Waals surface area contributed by atoms with Gasteiger partial charge in [0, 0.05) is 44.0 Å². The number of ether oxygens (including phenoxy) is 2. The SMILES string of the molecule is COc1ccc(F)cc1-c1cccc(CC2(C(=O)NCCCN3[C@H](C)CCC[C@@H]3C)CCOCC2)c1. The lowest BCUT2D eigenvalue weighted by atomic mass is 9.74. The van der Waals surface area contributed by atoms with Crippen LogP contribution in [0, 0.1) is 11.2 Å². The van der Waals surface area contributed by atoms with Gasteiger partial charge in [-0.3, -0.25) is 9.69 Å². The van der Waals surface area contributed by atoms with E-state index in [0.717, 1.165) is 24.1 Å². The average molecular weight is 497 g/mol. The maximum Gasteiger partial charge on any atom is 0.226 e. The Morgan fingerprint density at radius 3 is 2.61 bits per heavy atom. The van der Waals surface area contributed by atoms with Gasteiger partial charge in [-0.05, 0) is 81.7 Å². The molecule has 0 saturated carbocycles. The number of nitrogens with one attached hydrogen (secondary N) is 1. The van der Waals surface area contributed by atoms with Crippen LogP contribution in [0.4, 0.5) is 4.39 Å². The summed E-state index contributed by atoms with van der Waals surface area (Å²) in [5.74, 6) is 0.452. The molecule has 5 nitrogen and oxygen atoms in total. The topological polar surface area (TPSA) is 50.8 Å². The normalized spacial score (nSPS) is 22.2. The Bertz CT molecular complexity index is 1010. The number of carbonyl (C=O) groups excluding carboxylic acids is 1. The molecule has 0 spiro atoms. The molecule has 1 N–H and O–H groups in total. The highest BCUT2D eigenvalue weighted by Gasteiger charge is 2.40. The highest BCUT2D eigenvalue weighted by atomic mass is 19.1. The summed E-state index contributed by atoms with van der Waals surface area (Å²) in [6.45, 7) is 7.53. The summed E-state index contributed by atoms with van der Waals surface area (Å²) >= 11 is 0. The van der Waals surface area contributed by atoms with Crippen LogP contribution >= 0.6 is 0 Å². The number of nitrogens with zero attached hydrogens (tertiary/aromatic N) is 1. The number of hydrogen-bond acceptors (Lipinski definition) is 4. The number of methoxy groups -OCH3 is 1. The molecular formula is C30H41FN2O3. The maximum absolute atomic E-state index is 14.0. The molecule has 2 aromatic carbocycles. The lowest BCUT2D eigenvalue weighted by Gasteiger charge is -2.39. The minimum Gasteiger partial charge on any atom is -0.496 e. The molecule has 6 heteroatoms. The zero-order chi connectivity index (χ0) is 25.5. The van der Waals surface area contributed by atoms with Crippen LogP contribution in [0.2, 0.25) is 0 Å². The second kappa shape index (κ2) is 12.2. The number of halogens is 1. The Hall–Kier alpha value is -2.44. The van der Waals surface area contributed by atoms with Crippen LogP contribution in [-0.2, 0) is 16.0 Å². The van der Waals surface area contributed by atoms with Crippen LogP contribution in [0.3, 0.4) is 0 Å². The van der Waals surface area contributed by atoms with Gasteiger partial charge in [0.25, 0.3) is 0 Å². The van der Waals surface area contributed by atoms with Crippen molar-refractivity contribution in [2.75, 3.05) is 33.4 Å². The number of carbonyl (C=O) groups is 1. The maximum atomic E-state index is 14.0. The van der Waals surface area contributed by atoms with Crippen molar-refractivity contribution in [1.82, 2.24) is 10.2 Å². The van der Waals surface area contributed by atoms with E-state index < -0.39 is 5.41 Å². The summed E-state index contributed by atoms with van der Waals surface area (Å²) in [4.78, 5) is 16.1. The molecule has 2 aliphatic rings. The summed E-state index contributed by atoms with van der Waals surface area (Å²) in [7, 11) is 1.59. The molecule has 36 heavy (non-hydrogen) atoms. The van der Waals surface area contributed by atoms with Crippen molar-refractivity contribution in [3.05, 3.63) is 53.8 Å². The number of likely N-dealkylation sites (tertiary alicyclic amines) is 1.